The normalized spacial score (nSPS) is 16.3. The minimum Gasteiger partial charge on any atom is -0.355 e. The third kappa shape index (κ3) is 6.43. The molecule has 1 aliphatic rings. The quantitative estimate of drug-likeness (QED) is 0.462. The second kappa shape index (κ2) is 5.43. The van der Waals surface area contributed by atoms with Crippen molar-refractivity contribution in [3.8, 4) is 0 Å². The predicted octanol–water partition coefficient (Wildman–Crippen LogP) is -1.61. The first-order chi connectivity index (χ1) is 6.99. The number of nitrogens with one attached hydrogen (secondary N) is 2. The molecule has 1 saturated carbocycles. The zero-order valence-corrected chi connectivity index (χ0v) is 9.35. The summed E-state index contributed by atoms with van der Waals surface area (Å²) < 4.78 is 21.1. The van der Waals surface area contributed by atoms with Gasteiger partial charge in [-0.25, -0.2) is 13.6 Å². The van der Waals surface area contributed by atoms with Crippen molar-refractivity contribution < 1.29 is 13.2 Å². The van der Waals surface area contributed by atoms with Gasteiger partial charge in [-0.3, -0.25) is 4.79 Å². The van der Waals surface area contributed by atoms with Crippen LogP contribution in [-0.2, 0) is 14.8 Å². The van der Waals surface area contributed by atoms with E-state index in [-0.39, 0.29) is 17.6 Å². The summed E-state index contributed by atoms with van der Waals surface area (Å²) in [6.07, 6.45) is 1.98. The number of sulfonamides is 1. The molecule has 88 valence electrons. The zero-order valence-electron chi connectivity index (χ0n) is 8.53. The average Bonchev–Trinajstić information content (AvgIpc) is 2.91. The molecule has 0 unspecified atom stereocenters. The number of amides is 1. The largest absolute Gasteiger partial charge is 0.355 e. The molecular formula is C8H17N3O3S. The topological polar surface area (TPSA) is 101 Å². The van der Waals surface area contributed by atoms with Gasteiger partial charge < -0.3 is 10.6 Å². The Morgan fingerprint density at radius 1 is 1.27 bits per heavy atom. The van der Waals surface area contributed by atoms with Crippen molar-refractivity contribution in [1.29, 1.82) is 0 Å². The summed E-state index contributed by atoms with van der Waals surface area (Å²) in [5.74, 6) is 0.237. The highest BCUT2D eigenvalue weighted by Gasteiger charge is 2.28. The first-order valence-electron chi connectivity index (χ1n) is 4.98. The first-order valence-corrected chi connectivity index (χ1v) is 6.69. The van der Waals surface area contributed by atoms with E-state index in [1.165, 1.54) is 0 Å². The van der Waals surface area contributed by atoms with Crippen LogP contribution in [-0.4, -0.2) is 39.7 Å². The highest BCUT2D eigenvalue weighted by atomic mass is 32.2. The van der Waals surface area contributed by atoms with E-state index in [1.54, 1.807) is 0 Å². The number of primary sulfonamides is 1. The molecule has 0 aromatic rings. The van der Waals surface area contributed by atoms with E-state index in [2.05, 4.69) is 10.6 Å². The number of carbonyl (C=O) groups excluding carboxylic acids is 1. The van der Waals surface area contributed by atoms with Crippen molar-refractivity contribution in [2.24, 2.45) is 11.1 Å². The first kappa shape index (κ1) is 12.4. The summed E-state index contributed by atoms with van der Waals surface area (Å²) in [6.45, 7) is 1.41. The number of carbonyl (C=O) groups is 1. The fourth-order valence-corrected chi connectivity index (χ4v) is 1.53. The van der Waals surface area contributed by atoms with Gasteiger partial charge in [0.05, 0.1) is 5.75 Å². The molecule has 7 heteroatoms. The summed E-state index contributed by atoms with van der Waals surface area (Å²) in [4.78, 5) is 11.1. The smallest absolute Gasteiger partial charge is 0.223 e. The summed E-state index contributed by atoms with van der Waals surface area (Å²) in [5, 5.41) is 10.5. The Morgan fingerprint density at radius 2 is 1.93 bits per heavy atom. The molecule has 0 aliphatic heterocycles. The molecule has 0 radical (unpaired) electrons. The molecule has 1 aliphatic carbocycles. The molecule has 1 amide bonds. The van der Waals surface area contributed by atoms with Crippen LogP contribution in [0.1, 0.15) is 12.8 Å². The van der Waals surface area contributed by atoms with Gasteiger partial charge in [-0.05, 0) is 12.8 Å². The third-order valence-corrected chi connectivity index (χ3v) is 2.89. The Hall–Kier alpha value is -0.660. The minimum atomic E-state index is -3.38. The fraction of sp³-hybridized carbons (Fsp3) is 0.875. The van der Waals surface area contributed by atoms with Crippen molar-refractivity contribution in [2.45, 2.75) is 12.8 Å². The number of hydrogen-bond donors (Lipinski definition) is 3. The lowest BCUT2D eigenvalue weighted by Gasteiger charge is -2.05. The van der Waals surface area contributed by atoms with Crippen molar-refractivity contribution in [3.63, 3.8) is 0 Å². The van der Waals surface area contributed by atoms with Gasteiger partial charge in [-0.1, -0.05) is 0 Å². The zero-order chi connectivity index (χ0) is 11.3. The highest BCUT2D eigenvalue weighted by molar-refractivity contribution is 7.89. The van der Waals surface area contributed by atoms with Crippen LogP contribution in [0.4, 0.5) is 0 Å². The van der Waals surface area contributed by atoms with E-state index in [0.29, 0.717) is 19.6 Å². The van der Waals surface area contributed by atoms with Crippen molar-refractivity contribution in [1.82, 2.24) is 10.6 Å². The van der Waals surface area contributed by atoms with Crippen LogP contribution in [0.25, 0.3) is 0 Å². The highest BCUT2D eigenvalue weighted by Crippen LogP contribution is 2.28. The summed E-state index contributed by atoms with van der Waals surface area (Å²) in [6, 6.07) is 0. The van der Waals surface area contributed by atoms with E-state index in [0.717, 1.165) is 12.8 Å². The Labute approximate surface area is 89.6 Å². The minimum absolute atomic E-state index is 0.0798. The molecule has 6 nitrogen and oxygen atoms in total. The molecule has 15 heavy (non-hydrogen) atoms. The molecular weight excluding hydrogens is 218 g/mol. The van der Waals surface area contributed by atoms with Gasteiger partial charge >= 0.3 is 0 Å². The van der Waals surface area contributed by atoms with Crippen LogP contribution in [0.2, 0.25) is 0 Å². The number of hydrogen-bond acceptors (Lipinski definition) is 4. The Bertz CT molecular complexity index is 311. The molecule has 0 bridgehead atoms. The average molecular weight is 235 g/mol. The van der Waals surface area contributed by atoms with Crippen LogP contribution in [0, 0.1) is 5.92 Å². The lowest BCUT2D eigenvalue weighted by Crippen LogP contribution is -2.35. The van der Waals surface area contributed by atoms with Gasteiger partial charge in [0.25, 0.3) is 0 Å². The monoisotopic (exact) mass is 235 g/mol. The number of nitrogens with two attached hydrogens (primary N) is 1. The maximum Gasteiger partial charge on any atom is 0.223 e. The molecule has 0 heterocycles. The molecule has 0 saturated heterocycles. The Balaban J connectivity index is 1.90. The Morgan fingerprint density at radius 3 is 2.47 bits per heavy atom. The summed E-state index contributed by atoms with van der Waals surface area (Å²) in [7, 11) is -3.38. The van der Waals surface area contributed by atoms with Crippen LogP contribution < -0.4 is 15.8 Å². The number of rotatable bonds is 7. The van der Waals surface area contributed by atoms with Gasteiger partial charge in [-0.2, -0.15) is 0 Å². The van der Waals surface area contributed by atoms with E-state index in [1.807, 2.05) is 0 Å². The SMILES string of the molecule is NS(=O)(=O)CCNCCNC(=O)C1CC1. The van der Waals surface area contributed by atoms with Crippen LogP contribution in [0.15, 0.2) is 0 Å². The molecule has 0 aromatic heterocycles. The molecule has 1 rings (SSSR count). The lowest BCUT2D eigenvalue weighted by atomic mass is 10.4. The van der Waals surface area contributed by atoms with Crippen LogP contribution in [0.5, 0.6) is 0 Å². The van der Waals surface area contributed by atoms with Crippen molar-refractivity contribution in [3.05, 3.63) is 0 Å². The van der Waals surface area contributed by atoms with E-state index >= 15 is 0 Å². The summed E-state index contributed by atoms with van der Waals surface area (Å²) in [5.41, 5.74) is 0. The van der Waals surface area contributed by atoms with Crippen LogP contribution >= 0.6 is 0 Å². The second-order valence-electron chi connectivity index (χ2n) is 3.68. The maximum atomic E-state index is 11.1. The molecule has 0 spiro atoms. The Kier molecular flexibility index (Phi) is 4.49. The summed E-state index contributed by atoms with van der Waals surface area (Å²) >= 11 is 0. The molecule has 4 N–H and O–H groups in total. The molecule has 0 aromatic carbocycles. The maximum absolute atomic E-state index is 11.1. The predicted molar refractivity (Wildman–Crippen MR) is 56.6 cm³/mol. The van der Waals surface area contributed by atoms with Crippen LogP contribution in [0.3, 0.4) is 0 Å². The molecule has 1 fully saturated rings. The molecule has 0 atom stereocenters. The second-order valence-corrected chi connectivity index (χ2v) is 5.42. The lowest BCUT2D eigenvalue weighted by molar-refractivity contribution is -0.122. The van der Waals surface area contributed by atoms with Gasteiger partial charge in [0.1, 0.15) is 0 Å². The van der Waals surface area contributed by atoms with Gasteiger partial charge in [0, 0.05) is 25.6 Å². The fourth-order valence-electron chi connectivity index (χ4n) is 1.10. The van der Waals surface area contributed by atoms with E-state index < -0.39 is 10.0 Å². The van der Waals surface area contributed by atoms with Crippen molar-refractivity contribution >= 4 is 15.9 Å². The van der Waals surface area contributed by atoms with E-state index in [4.69, 9.17) is 5.14 Å². The van der Waals surface area contributed by atoms with Gasteiger partial charge in [0.2, 0.25) is 15.9 Å². The van der Waals surface area contributed by atoms with Gasteiger partial charge in [0.15, 0.2) is 0 Å². The third-order valence-electron chi connectivity index (χ3n) is 2.11. The van der Waals surface area contributed by atoms with E-state index in [9.17, 15) is 13.2 Å². The van der Waals surface area contributed by atoms with Gasteiger partial charge in [-0.15, -0.1) is 0 Å². The van der Waals surface area contributed by atoms with Crippen molar-refractivity contribution in [2.75, 3.05) is 25.4 Å². The standard InChI is InChI=1S/C8H17N3O3S/c9-15(13,14)6-5-10-3-4-11-8(12)7-1-2-7/h7,10H,1-6H2,(H,11,12)(H2,9,13,14).